The maximum absolute atomic E-state index is 4.56. The van der Waals surface area contributed by atoms with E-state index >= 15 is 0 Å². The number of nitrogens with zero attached hydrogens (tertiary/aromatic N) is 4. The highest BCUT2D eigenvalue weighted by Crippen LogP contribution is 2.10. The first-order valence-corrected chi connectivity index (χ1v) is 7.89. The van der Waals surface area contributed by atoms with Crippen LogP contribution >= 0.6 is 0 Å². The third-order valence-electron chi connectivity index (χ3n) is 3.58. The van der Waals surface area contributed by atoms with Gasteiger partial charge in [0, 0.05) is 31.5 Å². The molecule has 2 aromatic heterocycles. The van der Waals surface area contributed by atoms with E-state index in [2.05, 4.69) is 50.8 Å². The molecule has 5 nitrogen and oxygen atoms in total. The van der Waals surface area contributed by atoms with Gasteiger partial charge in [-0.25, -0.2) is 4.98 Å². The van der Waals surface area contributed by atoms with Gasteiger partial charge in [-0.2, -0.15) is 5.10 Å². The van der Waals surface area contributed by atoms with Gasteiger partial charge in [0.05, 0.1) is 11.4 Å². The number of rotatable bonds is 8. The molecule has 0 aliphatic heterocycles. The lowest BCUT2D eigenvalue weighted by Crippen LogP contribution is -2.12. The van der Waals surface area contributed by atoms with Crippen LogP contribution < -0.4 is 5.32 Å². The number of aryl methyl sites for hydroxylation is 5. The van der Waals surface area contributed by atoms with Crippen LogP contribution in [0.1, 0.15) is 43.3 Å². The van der Waals surface area contributed by atoms with Gasteiger partial charge in [-0.05, 0) is 39.7 Å². The molecule has 1 N–H and O–H groups in total. The number of nitrogens with one attached hydrogen (secondary N) is 1. The Morgan fingerprint density at radius 2 is 1.90 bits per heavy atom. The maximum Gasteiger partial charge on any atom is 0.203 e. The molecule has 21 heavy (non-hydrogen) atoms. The molecule has 0 bridgehead atoms. The van der Waals surface area contributed by atoms with Crippen LogP contribution in [0.15, 0.2) is 12.3 Å². The van der Waals surface area contributed by atoms with Crippen LogP contribution in [-0.2, 0) is 13.1 Å². The Morgan fingerprint density at radius 3 is 2.57 bits per heavy atom. The fourth-order valence-corrected chi connectivity index (χ4v) is 2.52. The molecular weight excluding hydrogens is 262 g/mol. The van der Waals surface area contributed by atoms with Gasteiger partial charge in [0.15, 0.2) is 0 Å². The van der Waals surface area contributed by atoms with Crippen LogP contribution in [0.5, 0.6) is 0 Å². The van der Waals surface area contributed by atoms with E-state index in [0.29, 0.717) is 0 Å². The molecule has 0 radical (unpaired) electrons. The Labute approximate surface area is 127 Å². The number of hydrogen-bond donors (Lipinski definition) is 1. The van der Waals surface area contributed by atoms with Gasteiger partial charge < -0.3 is 9.88 Å². The molecule has 0 amide bonds. The molecule has 116 valence electrons. The zero-order valence-electron chi connectivity index (χ0n) is 13.7. The van der Waals surface area contributed by atoms with Crippen LogP contribution in [0.4, 0.5) is 5.95 Å². The molecule has 0 spiro atoms. The predicted octanol–water partition coefficient (Wildman–Crippen LogP) is 3.31. The summed E-state index contributed by atoms with van der Waals surface area (Å²) >= 11 is 0. The SMILES string of the molecule is CCCCn1cc(C)nc1NCCCn1nc(C)cc1C. The highest BCUT2D eigenvalue weighted by molar-refractivity contribution is 5.28. The van der Waals surface area contributed by atoms with Crippen LogP contribution in [0.3, 0.4) is 0 Å². The Hall–Kier alpha value is -1.78. The minimum atomic E-state index is 0.918. The molecule has 2 rings (SSSR count). The summed E-state index contributed by atoms with van der Waals surface area (Å²) in [5, 5.41) is 7.94. The third kappa shape index (κ3) is 4.34. The Kier molecular flexibility index (Phi) is 5.42. The van der Waals surface area contributed by atoms with Crippen LogP contribution in [0, 0.1) is 20.8 Å². The van der Waals surface area contributed by atoms with Gasteiger partial charge in [0.1, 0.15) is 0 Å². The molecule has 0 aromatic carbocycles. The summed E-state index contributed by atoms with van der Waals surface area (Å²) in [6.45, 7) is 11.3. The topological polar surface area (TPSA) is 47.7 Å². The van der Waals surface area contributed by atoms with Gasteiger partial charge in [-0.1, -0.05) is 13.3 Å². The zero-order valence-corrected chi connectivity index (χ0v) is 13.7. The highest BCUT2D eigenvalue weighted by atomic mass is 15.3. The lowest BCUT2D eigenvalue weighted by molar-refractivity contribution is 0.570. The van der Waals surface area contributed by atoms with Crippen molar-refractivity contribution in [1.82, 2.24) is 19.3 Å². The van der Waals surface area contributed by atoms with E-state index in [9.17, 15) is 0 Å². The Morgan fingerprint density at radius 1 is 1.10 bits per heavy atom. The van der Waals surface area contributed by atoms with E-state index in [1.165, 1.54) is 18.5 Å². The van der Waals surface area contributed by atoms with Gasteiger partial charge in [0.25, 0.3) is 0 Å². The second-order valence-electron chi connectivity index (χ2n) is 5.68. The van der Waals surface area contributed by atoms with Crippen molar-refractivity contribution in [3.63, 3.8) is 0 Å². The third-order valence-corrected chi connectivity index (χ3v) is 3.58. The molecule has 2 aromatic rings. The van der Waals surface area contributed by atoms with E-state index in [0.717, 1.165) is 43.4 Å². The monoisotopic (exact) mass is 289 g/mol. The van der Waals surface area contributed by atoms with Crippen molar-refractivity contribution in [2.24, 2.45) is 0 Å². The smallest absolute Gasteiger partial charge is 0.203 e. The summed E-state index contributed by atoms with van der Waals surface area (Å²) in [5.74, 6) is 0.995. The number of anilines is 1. The molecule has 5 heteroatoms. The van der Waals surface area contributed by atoms with Gasteiger partial charge >= 0.3 is 0 Å². The Bertz CT molecular complexity index is 567. The molecule has 0 saturated carbocycles. The minimum absolute atomic E-state index is 0.918. The lowest BCUT2D eigenvalue weighted by Gasteiger charge is -2.09. The number of aromatic nitrogens is 4. The number of hydrogen-bond acceptors (Lipinski definition) is 3. The fourth-order valence-electron chi connectivity index (χ4n) is 2.52. The highest BCUT2D eigenvalue weighted by Gasteiger charge is 2.05. The standard InChI is InChI=1S/C16H27N5/c1-5-6-9-20-12-14(3)18-16(20)17-8-7-10-21-15(4)11-13(2)19-21/h11-12H,5-10H2,1-4H3,(H,17,18). The van der Waals surface area contributed by atoms with E-state index < -0.39 is 0 Å². The first kappa shape index (κ1) is 15.6. The van der Waals surface area contributed by atoms with Crippen molar-refractivity contribution in [3.8, 4) is 0 Å². The van der Waals surface area contributed by atoms with Crippen molar-refractivity contribution in [3.05, 3.63) is 29.3 Å². The van der Waals surface area contributed by atoms with E-state index in [1.54, 1.807) is 0 Å². The van der Waals surface area contributed by atoms with Crippen molar-refractivity contribution in [1.29, 1.82) is 0 Å². The summed E-state index contributed by atoms with van der Waals surface area (Å²) < 4.78 is 4.30. The van der Waals surface area contributed by atoms with Crippen molar-refractivity contribution >= 4 is 5.95 Å². The van der Waals surface area contributed by atoms with Crippen molar-refractivity contribution in [2.75, 3.05) is 11.9 Å². The summed E-state index contributed by atoms with van der Waals surface area (Å²) in [6, 6.07) is 2.12. The normalized spacial score (nSPS) is 11.0. The molecule has 0 saturated heterocycles. The lowest BCUT2D eigenvalue weighted by atomic mass is 10.3. The van der Waals surface area contributed by atoms with E-state index in [1.807, 2.05) is 13.8 Å². The van der Waals surface area contributed by atoms with Crippen molar-refractivity contribution < 1.29 is 0 Å². The maximum atomic E-state index is 4.56. The summed E-state index contributed by atoms with van der Waals surface area (Å²) in [7, 11) is 0. The second-order valence-corrected chi connectivity index (χ2v) is 5.68. The van der Waals surface area contributed by atoms with Gasteiger partial charge in [-0.3, -0.25) is 4.68 Å². The molecule has 0 atom stereocenters. The van der Waals surface area contributed by atoms with Gasteiger partial charge in [0.2, 0.25) is 5.95 Å². The van der Waals surface area contributed by atoms with Crippen LogP contribution in [0.2, 0.25) is 0 Å². The van der Waals surface area contributed by atoms with Crippen molar-refractivity contribution in [2.45, 2.75) is 60.0 Å². The number of unbranched alkanes of at least 4 members (excludes halogenated alkanes) is 1. The predicted molar refractivity (Wildman–Crippen MR) is 86.7 cm³/mol. The summed E-state index contributed by atoms with van der Waals surface area (Å²) in [4.78, 5) is 4.56. The summed E-state index contributed by atoms with van der Waals surface area (Å²) in [5.41, 5.74) is 3.39. The molecule has 0 fully saturated rings. The minimum Gasteiger partial charge on any atom is -0.356 e. The van der Waals surface area contributed by atoms with E-state index in [-0.39, 0.29) is 0 Å². The van der Waals surface area contributed by atoms with E-state index in [4.69, 9.17) is 0 Å². The summed E-state index contributed by atoms with van der Waals surface area (Å²) in [6.07, 6.45) is 5.56. The fraction of sp³-hybridized carbons (Fsp3) is 0.625. The first-order chi connectivity index (χ1) is 10.1. The first-order valence-electron chi connectivity index (χ1n) is 7.89. The Balaban J connectivity index is 1.81. The van der Waals surface area contributed by atoms with Crippen LogP contribution in [-0.4, -0.2) is 25.9 Å². The van der Waals surface area contributed by atoms with Crippen LogP contribution in [0.25, 0.3) is 0 Å². The molecule has 0 aliphatic rings. The average Bonchev–Trinajstić information content (AvgIpc) is 2.94. The molecule has 2 heterocycles. The largest absolute Gasteiger partial charge is 0.356 e. The second kappa shape index (κ2) is 7.29. The zero-order chi connectivity index (χ0) is 15.2. The number of imidazole rings is 1. The molecule has 0 aliphatic carbocycles. The average molecular weight is 289 g/mol. The quantitative estimate of drug-likeness (QED) is 0.758. The van der Waals surface area contributed by atoms with Gasteiger partial charge in [-0.15, -0.1) is 0 Å². The molecule has 0 unspecified atom stereocenters. The molecular formula is C16H27N5.